The van der Waals surface area contributed by atoms with Crippen molar-refractivity contribution in [1.29, 1.82) is 0 Å². The molecule has 0 aromatic heterocycles. The molecule has 0 bridgehead atoms. The van der Waals surface area contributed by atoms with Crippen LogP contribution >= 0.6 is 0 Å². The highest BCUT2D eigenvalue weighted by Crippen LogP contribution is 2.34. The quantitative estimate of drug-likeness (QED) is 0.463. The van der Waals surface area contributed by atoms with Crippen molar-refractivity contribution < 1.29 is 0 Å². The first-order valence-electron chi connectivity index (χ1n) is 7.60. The van der Waals surface area contributed by atoms with Crippen LogP contribution in [0.4, 0.5) is 0 Å². The van der Waals surface area contributed by atoms with E-state index in [1.54, 1.807) is 0 Å². The van der Waals surface area contributed by atoms with Crippen LogP contribution < -0.4 is 0 Å². The van der Waals surface area contributed by atoms with E-state index in [2.05, 4.69) is 49.4 Å². The lowest BCUT2D eigenvalue weighted by atomic mass is 9.93. The van der Waals surface area contributed by atoms with E-state index in [9.17, 15) is 0 Å². The van der Waals surface area contributed by atoms with E-state index < -0.39 is 0 Å². The SMILES string of the molecule is CC[C@H]1CCCC1/C=C/CCCc1ccccc1. The summed E-state index contributed by atoms with van der Waals surface area (Å²) in [5, 5.41) is 0. The van der Waals surface area contributed by atoms with Gasteiger partial charge in [-0.3, -0.25) is 0 Å². The van der Waals surface area contributed by atoms with Gasteiger partial charge in [0.1, 0.15) is 0 Å². The van der Waals surface area contributed by atoms with Gasteiger partial charge >= 0.3 is 0 Å². The summed E-state index contributed by atoms with van der Waals surface area (Å²) in [7, 11) is 0. The number of allylic oxidation sites excluding steroid dienone is 2. The standard InChI is InChI=1S/C18H26/c1-2-17-14-9-15-18(17)13-8-4-7-12-16-10-5-3-6-11-16/h3,5-6,8,10-11,13,17-18H,2,4,7,9,12,14-15H2,1H3/b13-8+/t17-,18?/m0/s1. The first-order chi connectivity index (χ1) is 8.90. The Morgan fingerprint density at radius 2 is 2.00 bits per heavy atom. The van der Waals surface area contributed by atoms with Crippen molar-refractivity contribution in [3.05, 3.63) is 48.0 Å². The molecule has 2 atom stereocenters. The van der Waals surface area contributed by atoms with Gasteiger partial charge in [-0.15, -0.1) is 0 Å². The lowest BCUT2D eigenvalue weighted by molar-refractivity contribution is 0.444. The molecule has 0 aliphatic heterocycles. The summed E-state index contributed by atoms with van der Waals surface area (Å²) in [6.45, 7) is 2.34. The fourth-order valence-corrected chi connectivity index (χ4v) is 3.17. The van der Waals surface area contributed by atoms with Crippen LogP contribution in [0.2, 0.25) is 0 Å². The van der Waals surface area contributed by atoms with Crippen LogP contribution in [0.25, 0.3) is 0 Å². The van der Waals surface area contributed by atoms with E-state index in [4.69, 9.17) is 0 Å². The average Bonchev–Trinajstić information content (AvgIpc) is 2.87. The third kappa shape index (κ3) is 4.01. The summed E-state index contributed by atoms with van der Waals surface area (Å²) in [6.07, 6.45) is 14.4. The van der Waals surface area contributed by atoms with Gasteiger partial charge in [0.25, 0.3) is 0 Å². The smallest absolute Gasteiger partial charge is 0.0205 e. The van der Waals surface area contributed by atoms with Crippen molar-refractivity contribution in [2.75, 3.05) is 0 Å². The molecule has 1 aromatic rings. The van der Waals surface area contributed by atoms with Crippen LogP contribution in [0.15, 0.2) is 42.5 Å². The highest BCUT2D eigenvalue weighted by molar-refractivity contribution is 5.14. The second-order valence-electron chi connectivity index (χ2n) is 5.57. The molecule has 98 valence electrons. The molecule has 1 aliphatic carbocycles. The third-order valence-corrected chi connectivity index (χ3v) is 4.30. The third-order valence-electron chi connectivity index (χ3n) is 4.30. The van der Waals surface area contributed by atoms with Crippen molar-refractivity contribution in [3.8, 4) is 0 Å². The Morgan fingerprint density at radius 3 is 2.78 bits per heavy atom. The summed E-state index contributed by atoms with van der Waals surface area (Å²) in [6, 6.07) is 10.8. The number of benzene rings is 1. The van der Waals surface area contributed by atoms with E-state index >= 15 is 0 Å². The summed E-state index contributed by atoms with van der Waals surface area (Å²) in [4.78, 5) is 0. The van der Waals surface area contributed by atoms with Crippen LogP contribution in [0.3, 0.4) is 0 Å². The average molecular weight is 242 g/mol. The second kappa shape index (κ2) is 7.41. The molecule has 0 N–H and O–H groups in total. The lowest BCUT2D eigenvalue weighted by Crippen LogP contribution is -2.02. The van der Waals surface area contributed by atoms with Gasteiger partial charge in [0.2, 0.25) is 0 Å². The van der Waals surface area contributed by atoms with Gasteiger partial charge in [-0.2, -0.15) is 0 Å². The highest BCUT2D eigenvalue weighted by Gasteiger charge is 2.22. The maximum absolute atomic E-state index is 2.51. The number of rotatable bonds is 6. The minimum atomic E-state index is 0.881. The predicted molar refractivity (Wildman–Crippen MR) is 79.6 cm³/mol. The van der Waals surface area contributed by atoms with E-state index in [1.165, 1.54) is 50.5 Å². The molecule has 0 nitrogen and oxygen atoms in total. The van der Waals surface area contributed by atoms with E-state index in [1.807, 2.05) is 0 Å². The molecule has 1 saturated carbocycles. The zero-order valence-electron chi connectivity index (χ0n) is 11.6. The maximum Gasteiger partial charge on any atom is -0.0205 e. The summed E-state index contributed by atoms with van der Waals surface area (Å²) >= 11 is 0. The Hall–Kier alpha value is -1.04. The van der Waals surface area contributed by atoms with E-state index in [0.29, 0.717) is 0 Å². The van der Waals surface area contributed by atoms with Crippen molar-refractivity contribution in [2.24, 2.45) is 11.8 Å². The van der Waals surface area contributed by atoms with Crippen LogP contribution in [0.1, 0.15) is 51.0 Å². The van der Waals surface area contributed by atoms with Crippen LogP contribution in [0, 0.1) is 11.8 Å². The minimum absolute atomic E-state index is 0.881. The number of unbranched alkanes of at least 4 members (excludes halogenated alkanes) is 1. The number of aryl methyl sites for hydroxylation is 1. The van der Waals surface area contributed by atoms with Crippen molar-refractivity contribution in [3.63, 3.8) is 0 Å². The lowest BCUT2D eigenvalue weighted by Gasteiger charge is -2.13. The number of hydrogen-bond acceptors (Lipinski definition) is 0. The molecule has 1 fully saturated rings. The molecule has 1 aromatic carbocycles. The highest BCUT2D eigenvalue weighted by atomic mass is 14.3. The number of hydrogen-bond donors (Lipinski definition) is 0. The van der Waals surface area contributed by atoms with Gasteiger partial charge in [0.15, 0.2) is 0 Å². The fraction of sp³-hybridized carbons (Fsp3) is 0.556. The topological polar surface area (TPSA) is 0 Å². The molecule has 0 amide bonds. The Labute approximate surface area is 112 Å². The molecular weight excluding hydrogens is 216 g/mol. The molecule has 2 rings (SSSR count). The van der Waals surface area contributed by atoms with Crippen LogP contribution in [-0.4, -0.2) is 0 Å². The van der Waals surface area contributed by atoms with Gasteiger partial charge in [0.05, 0.1) is 0 Å². The van der Waals surface area contributed by atoms with Crippen molar-refractivity contribution in [1.82, 2.24) is 0 Å². The first kappa shape index (κ1) is 13.4. The Balaban J connectivity index is 1.66. The first-order valence-corrected chi connectivity index (χ1v) is 7.60. The van der Waals surface area contributed by atoms with E-state index in [-0.39, 0.29) is 0 Å². The Kier molecular flexibility index (Phi) is 5.51. The normalized spacial score (nSPS) is 23.8. The zero-order valence-corrected chi connectivity index (χ0v) is 11.6. The Morgan fingerprint density at radius 1 is 1.17 bits per heavy atom. The van der Waals surface area contributed by atoms with Crippen LogP contribution in [-0.2, 0) is 6.42 Å². The molecule has 0 radical (unpaired) electrons. The summed E-state index contributed by atoms with van der Waals surface area (Å²) in [5.41, 5.74) is 1.47. The molecule has 0 heteroatoms. The molecule has 1 aliphatic rings. The van der Waals surface area contributed by atoms with Crippen molar-refractivity contribution >= 4 is 0 Å². The summed E-state index contributed by atoms with van der Waals surface area (Å²) in [5.74, 6) is 1.85. The van der Waals surface area contributed by atoms with Crippen LogP contribution in [0.5, 0.6) is 0 Å². The van der Waals surface area contributed by atoms with Gasteiger partial charge in [0, 0.05) is 0 Å². The van der Waals surface area contributed by atoms with Gasteiger partial charge < -0.3 is 0 Å². The van der Waals surface area contributed by atoms with Crippen molar-refractivity contribution in [2.45, 2.75) is 51.9 Å². The molecule has 18 heavy (non-hydrogen) atoms. The fourth-order valence-electron chi connectivity index (χ4n) is 3.17. The van der Waals surface area contributed by atoms with Gasteiger partial charge in [-0.25, -0.2) is 0 Å². The molecule has 0 saturated heterocycles. The molecule has 1 unspecified atom stereocenters. The maximum atomic E-state index is 2.51. The van der Waals surface area contributed by atoms with Gasteiger partial charge in [-0.05, 0) is 49.5 Å². The molecule has 0 heterocycles. The molecular formula is C18H26. The summed E-state index contributed by atoms with van der Waals surface area (Å²) < 4.78 is 0. The Bertz CT molecular complexity index is 350. The second-order valence-corrected chi connectivity index (χ2v) is 5.57. The minimum Gasteiger partial charge on any atom is -0.0882 e. The monoisotopic (exact) mass is 242 g/mol. The van der Waals surface area contributed by atoms with E-state index in [0.717, 1.165) is 11.8 Å². The van der Waals surface area contributed by atoms with Gasteiger partial charge in [-0.1, -0.05) is 62.2 Å². The zero-order chi connectivity index (χ0) is 12.6. The predicted octanol–water partition coefficient (Wildman–Crippen LogP) is 5.39. The largest absolute Gasteiger partial charge is 0.0882 e. The molecule has 0 spiro atoms.